The van der Waals surface area contributed by atoms with Crippen LogP contribution in [-0.2, 0) is 17.8 Å². The molecule has 1 atom stereocenters. The Kier molecular flexibility index (Phi) is 7.00. The van der Waals surface area contributed by atoms with Gasteiger partial charge in [-0.25, -0.2) is 0 Å². The Morgan fingerprint density at radius 2 is 1.45 bits per heavy atom. The smallest absolute Gasteiger partial charge is 0.251 e. The van der Waals surface area contributed by atoms with Gasteiger partial charge < -0.3 is 15.4 Å². The molecule has 0 radical (unpaired) electrons. The zero-order valence-corrected chi connectivity index (χ0v) is 16.3. The number of nitrogens with one attached hydrogen (secondary N) is 2. The molecule has 5 heteroatoms. The van der Waals surface area contributed by atoms with Gasteiger partial charge in [-0.15, -0.1) is 0 Å². The van der Waals surface area contributed by atoms with Crippen molar-refractivity contribution in [2.75, 3.05) is 7.11 Å². The van der Waals surface area contributed by atoms with Gasteiger partial charge in [-0.05, 0) is 35.4 Å². The van der Waals surface area contributed by atoms with Crippen molar-refractivity contribution in [3.8, 4) is 5.75 Å². The van der Waals surface area contributed by atoms with Crippen LogP contribution in [0.1, 0.15) is 21.5 Å². The second kappa shape index (κ2) is 10.1. The maximum Gasteiger partial charge on any atom is 0.251 e. The summed E-state index contributed by atoms with van der Waals surface area (Å²) in [7, 11) is 1.61. The molecular weight excluding hydrogens is 364 g/mol. The Balaban J connectivity index is 1.68. The average molecular weight is 388 g/mol. The Labute approximate surface area is 170 Å². The van der Waals surface area contributed by atoms with Gasteiger partial charge in [-0.3, -0.25) is 9.59 Å². The molecule has 2 N–H and O–H groups in total. The molecule has 0 bridgehead atoms. The van der Waals surface area contributed by atoms with E-state index in [9.17, 15) is 9.59 Å². The van der Waals surface area contributed by atoms with Gasteiger partial charge in [0.25, 0.3) is 5.91 Å². The summed E-state index contributed by atoms with van der Waals surface area (Å²) < 4.78 is 5.15. The lowest BCUT2D eigenvalue weighted by atomic mass is 10.0. The maximum absolute atomic E-state index is 12.9. The van der Waals surface area contributed by atoms with E-state index < -0.39 is 6.04 Å². The summed E-state index contributed by atoms with van der Waals surface area (Å²) in [6.45, 7) is 0.370. The number of amides is 2. The molecule has 0 heterocycles. The minimum absolute atomic E-state index is 0.228. The fraction of sp³-hybridized carbons (Fsp3) is 0.167. The molecule has 0 aromatic heterocycles. The molecule has 0 saturated carbocycles. The molecule has 0 saturated heterocycles. The first kappa shape index (κ1) is 20.1. The Hall–Kier alpha value is -3.60. The lowest BCUT2D eigenvalue weighted by Gasteiger charge is -2.19. The number of rotatable bonds is 8. The summed E-state index contributed by atoms with van der Waals surface area (Å²) in [6, 6.07) is 25.3. The van der Waals surface area contributed by atoms with Crippen LogP contribution in [0.3, 0.4) is 0 Å². The highest BCUT2D eigenvalue weighted by atomic mass is 16.5. The van der Waals surface area contributed by atoms with Gasteiger partial charge in [0.1, 0.15) is 11.8 Å². The number of ether oxygens (including phenoxy) is 1. The second-order valence-electron chi connectivity index (χ2n) is 6.65. The summed E-state index contributed by atoms with van der Waals surface area (Å²) in [4.78, 5) is 25.4. The highest BCUT2D eigenvalue weighted by molar-refractivity contribution is 5.97. The SMILES string of the molecule is COc1ccc(CNC(=O)[C@H](Cc2ccccc2)NC(=O)c2ccccc2)cc1. The molecule has 3 rings (SSSR count). The van der Waals surface area contributed by atoms with E-state index in [-0.39, 0.29) is 11.8 Å². The second-order valence-corrected chi connectivity index (χ2v) is 6.65. The molecule has 3 aromatic carbocycles. The highest BCUT2D eigenvalue weighted by Crippen LogP contribution is 2.11. The Morgan fingerprint density at radius 1 is 0.828 bits per heavy atom. The monoisotopic (exact) mass is 388 g/mol. The molecule has 148 valence electrons. The van der Waals surface area contributed by atoms with Crippen molar-refractivity contribution >= 4 is 11.8 Å². The molecule has 0 spiro atoms. The molecule has 0 unspecified atom stereocenters. The van der Waals surface area contributed by atoms with E-state index in [2.05, 4.69) is 10.6 Å². The van der Waals surface area contributed by atoms with Crippen molar-refractivity contribution in [1.29, 1.82) is 0 Å². The highest BCUT2D eigenvalue weighted by Gasteiger charge is 2.21. The third-order valence-corrected chi connectivity index (χ3v) is 4.57. The van der Waals surface area contributed by atoms with Crippen molar-refractivity contribution < 1.29 is 14.3 Å². The zero-order valence-electron chi connectivity index (χ0n) is 16.3. The topological polar surface area (TPSA) is 67.4 Å². The van der Waals surface area contributed by atoms with Crippen LogP contribution in [0.2, 0.25) is 0 Å². The van der Waals surface area contributed by atoms with Gasteiger partial charge in [0.15, 0.2) is 0 Å². The van der Waals surface area contributed by atoms with Gasteiger partial charge >= 0.3 is 0 Å². The van der Waals surface area contributed by atoms with Crippen molar-refractivity contribution in [2.24, 2.45) is 0 Å². The maximum atomic E-state index is 12.9. The van der Waals surface area contributed by atoms with E-state index in [4.69, 9.17) is 4.74 Å². The molecule has 29 heavy (non-hydrogen) atoms. The van der Waals surface area contributed by atoms with E-state index in [0.29, 0.717) is 18.5 Å². The van der Waals surface area contributed by atoms with Crippen molar-refractivity contribution in [1.82, 2.24) is 10.6 Å². The van der Waals surface area contributed by atoms with Gasteiger partial charge in [0, 0.05) is 18.5 Å². The summed E-state index contributed by atoms with van der Waals surface area (Å²) in [5, 5.41) is 5.78. The summed E-state index contributed by atoms with van der Waals surface area (Å²) in [5.74, 6) is 0.261. The van der Waals surface area contributed by atoms with Gasteiger partial charge in [0.2, 0.25) is 5.91 Å². The minimum atomic E-state index is -0.677. The van der Waals surface area contributed by atoms with Crippen molar-refractivity contribution in [3.63, 3.8) is 0 Å². The third kappa shape index (κ3) is 5.94. The van der Waals surface area contributed by atoms with Gasteiger partial charge in [-0.2, -0.15) is 0 Å². The van der Waals surface area contributed by atoms with E-state index in [1.807, 2.05) is 60.7 Å². The third-order valence-electron chi connectivity index (χ3n) is 4.57. The van der Waals surface area contributed by atoms with Crippen LogP contribution in [0.5, 0.6) is 5.75 Å². The number of hydrogen-bond acceptors (Lipinski definition) is 3. The molecule has 0 aliphatic rings. The average Bonchev–Trinajstić information content (AvgIpc) is 2.78. The predicted octanol–water partition coefficient (Wildman–Crippen LogP) is 3.35. The van der Waals surface area contributed by atoms with Gasteiger partial charge in [0.05, 0.1) is 7.11 Å². The summed E-state index contributed by atoms with van der Waals surface area (Å²) in [6.07, 6.45) is 0.411. The largest absolute Gasteiger partial charge is 0.497 e. The van der Waals surface area contributed by atoms with Crippen LogP contribution in [0.25, 0.3) is 0 Å². The van der Waals surface area contributed by atoms with E-state index in [1.54, 1.807) is 31.4 Å². The Bertz CT molecular complexity index is 925. The quantitative estimate of drug-likeness (QED) is 0.622. The van der Waals surface area contributed by atoms with Crippen LogP contribution >= 0.6 is 0 Å². The van der Waals surface area contributed by atoms with Crippen LogP contribution in [0.4, 0.5) is 0 Å². The van der Waals surface area contributed by atoms with Crippen LogP contribution in [0, 0.1) is 0 Å². The number of hydrogen-bond donors (Lipinski definition) is 2. The molecule has 2 amide bonds. The lowest BCUT2D eigenvalue weighted by Crippen LogP contribution is -2.47. The zero-order chi connectivity index (χ0) is 20.5. The number of carbonyl (C=O) groups is 2. The first-order valence-electron chi connectivity index (χ1n) is 9.46. The number of benzene rings is 3. The first-order valence-corrected chi connectivity index (χ1v) is 9.46. The number of carbonyl (C=O) groups excluding carboxylic acids is 2. The van der Waals surface area contributed by atoms with Crippen LogP contribution < -0.4 is 15.4 Å². The molecule has 0 aliphatic heterocycles. The molecule has 3 aromatic rings. The predicted molar refractivity (Wildman–Crippen MR) is 113 cm³/mol. The van der Waals surface area contributed by atoms with Crippen molar-refractivity contribution in [2.45, 2.75) is 19.0 Å². The normalized spacial score (nSPS) is 11.3. The van der Waals surface area contributed by atoms with Crippen LogP contribution in [-0.4, -0.2) is 25.0 Å². The fourth-order valence-corrected chi connectivity index (χ4v) is 2.95. The lowest BCUT2D eigenvalue weighted by molar-refractivity contribution is -0.123. The molecule has 0 fully saturated rings. The number of methoxy groups -OCH3 is 1. The molecule has 0 aliphatic carbocycles. The van der Waals surface area contributed by atoms with Crippen LogP contribution in [0.15, 0.2) is 84.9 Å². The standard InChI is InChI=1S/C24H24N2O3/c1-29-21-14-12-19(13-15-21)17-25-24(28)22(16-18-8-4-2-5-9-18)26-23(27)20-10-6-3-7-11-20/h2-15,22H,16-17H2,1H3,(H,25,28)(H,26,27)/t22-/m0/s1. The molecular formula is C24H24N2O3. The summed E-state index contributed by atoms with van der Waals surface area (Å²) >= 11 is 0. The first-order chi connectivity index (χ1) is 14.2. The Morgan fingerprint density at radius 3 is 2.07 bits per heavy atom. The summed E-state index contributed by atoms with van der Waals surface area (Å²) in [5.41, 5.74) is 2.45. The van der Waals surface area contributed by atoms with Gasteiger partial charge in [-0.1, -0.05) is 60.7 Å². The fourth-order valence-electron chi connectivity index (χ4n) is 2.95. The minimum Gasteiger partial charge on any atom is -0.497 e. The van der Waals surface area contributed by atoms with E-state index in [0.717, 1.165) is 16.9 Å². The molecule has 5 nitrogen and oxygen atoms in total. The van der Waals surface area contributed by atoms with E-state index >= 15 is 0 Å². The van der Waals surface area contributed by atoms with Crippen molar-refractivity contribution in [3.05, 3.63) is 102 Å². The van der Waals surface area contributed by atoms with E-state index in [1.165, 1.54) is 0 Å².